The molecule has 0 aliphatic carbocycles. The monoisotopic (exact) mass is 853 g/mol. The first-order chi connectivity index (χ1) is 29.6. The summed E-state index contributed by atoms with van der Waals surface area (Å²) in [6.45, 7) is 4.47. The van der Waals surface area contributed by atoms with Crippen LogP contribution in [-0.4, -0.2) is 80.6 Å². The lowest BCUT2D eigenvalue weighted by Gasteiger charge is -2.31. The van der Waals surface area contributed by atoms with Gasteiger partial charge in [0, 0.05) is 19.3 Å². The van der Waals surface area contributed by atoms with Crippen molar-refractivity contribution in [2.75, 3.05) is 41.0 Å². The van der Waals surface area contributed by atoms with E-state index >= 15 is 0 Å². The third-order valence-electron chi connectivity index (χ3n) is 10.4. The highest BCUT2D eigenvalue weighted by atomic mass is 16.6. The SMILES string of the molecule is CC/C=C/C=C/C=C/CCCCCCCCCC(=O)OCC(COCCC(C(=O)O)[N+](C)(C)C)OC(=O)CCCCCCCCCCC/C=C/C/C=C/C/C=C/C/C=C/CC. The maximum atomic E-state index is 12.8. The number of ether oxygens (including phenoxy) is 3. The van der Waals surface area contributed by atoms with Gasteiger partial charge in [-0.2, -0.15) is 0 Å². The number of nitrogens with zero attached hydrogens (tertiary/aromatic N) is 1. The fourth-order valence-electron chi connectivity index (χ4n) is 6.67. The molecule has 0 aliphatic heterocycles. The number of likely N-dealkylation sites (N-methyl/N-ethyl adjacent to an activating group) is 1. The summed E-state index contributed by atoms with van der Waals surface area (Å²) in [5, 5.41) is 9.64. The molecule has 0 spiro atoms. The standard InChI is InChI=1S/C53H89NO7/c1-6-8-10-12-14-16-18-20-22-23-24-25-26-27-28-30-32-34-36-38-40-42-44-52(56)61-49(47-59-46-45-50(53(57)58)54(3,4)5)48-60-51(55)43-41-39-37-35-33-31-29-21-19-17-15-13-11-9-7-2/h8-11,13-17,19-20,22,24-25,49-50H,6-7,12,18,21,23,26-48H2,1-5H3/p+1/b10-8+,11-9+,15-13+,16-14+,19-17+,22-20+,25-24+. The lowest BCUT2D eigenvalue weighted by molar-refractivity contribution is -0.887. The first-order valence-corrected chi connectivity index (χ1v) is 24.2. The number of aliphatic carboxylic acids is 1. The Hall–Kier alpha value is -3.49. The predicted molar refractivity (Wildman–Crippen MR) is 256 cm³/mol. The number of allylic oxidation sites excluding steroid dienone is 14. The molecule has 0 amide bonds. The Bertz CT molecular complexity index is 1270. The summed E-state index contributed by atoms with van der Waals surface area (Å²) in [6, 6.07) is -0.622. The average molecular weight is 853 g/mol. The third kappa shape index (κ3) is 41.6. The van der Waals surface area contributed by atoms with E-state index in [0.717, 1.165) is 83.5 Å². The first kappa shape index (κ1) is 57.5. The summed E-state index contributed by atoms with van der Waals surface area (Å²) in [6.07, 6.45) is 56.3. The molecule has 61 heavy (non-hydrogen) atoms. The maximum absolute atomic E-state index is 12.8. The van der Waals surface area contributed by atoms with Crippen LogP contribution in [0.1, 0.15) is 181 Å². The number of hydrogen-bond acceptors (Lipinski definition) is 6. The molecule has 0 aromatic heterocycles. The maximum Gasteiger partial charge on any atom is 0.362 e. The molecular formula is C53H90NO7+. The number of hydrogen-bond donors (Lipinski definition) is 1. The first-order valence-electron chi connectivity index (χ1n) is 24.2. The largest absolute Gasteiger partial charge is 0.477 e. The van der Waals surface area contributed by atoms with Crippen LogP contribution >= 0.6 is 0 Å². The Kier molecular flexibility index (Phi) is 40.7. The molecule has 0 aromatic carbocycles. The minimum Gasteiger partial charge on any atom is -0.477 e. The van der Waals surface area contributed by atoms with Gasteiger partial charge in [0.05, 0.1) is 34.4 Å². The van der Waals surface area contributed by atoms with E-state index in [0.29, 0.717) is 19.3 Å². The van der Waals surface area contributed by atoms with Gasteiger partial charge < -0.3 is 23.8 Å². The molecule has 1 N–H and O–H groups in total. The molecule has 2 unspecified atom stereocenters. The summed E-state index contributed by atoms with van der Waals surface area (Å²) in [4.78, 5) is 37.1. The Morgan fingerprint density at radius 1 is 0.508 bits per heavy atom. The van der Waals surface area contributed by atoms with Gasteiger partial charge in [0.25, 0.3) is 0 Å². The van der Waals surface area contributed by atoms with Gasteiger partial charge in [-0.25, -0.2) is 4.79 Å². The van der Waals surface area contributed by atoms with E-state index in [4.69, 9.17) is 14.2 Å². The highest BCUT2D eigenvalue weighted by Crippen LogP contribution is 2.14. The number of quaternary nitrogens is 1. The van der Waals surface area contributed by atoms with Gasteiger partial charge in [0.1, 0.15) is 6.61 Å². The fourth-order valence-corrected chi connectivity index (χ4v) is 6.67. The molecule has 8 heteroatoms. The minimum atomic E-state index is -0.881. The van der Waals surface area contributed by atoms with Crippen molar-refractivity contribution in [3.63, 3.8) is 0 Å². The topological polar surface area (TPSA) is 99.1 Å². The molecule has 348 valence electrons. The highest BCUT2D eigenvalue weighted by Gasteiger charge is 2.31. The van der Waals surface area contributed by atoms with Crippen molar-refractivity contribution in [3.05, 3.63) is 85.1 Å². The van der Waals surface area contributed by atoms with Crippen LogP contribution < -0.4 is 0 Å². The molecule has 0 saturated heterocycles. The van der Waals surface area contributed by atoms with Crippen molar-refractivity contribution in [2.24, 2.45) is 0 Å². The highest BCUT2D eigenvalue weighted by molar-refractivity contribution is 5.72. The second kappa shape index (κ2) is 43.2. The van der Waals surface area contributed by atoms with E-state index < -0.39 is 18.1 Å². The van der Waals surface area contributed by atoms with Crippen LogP contribution in [0.2, 0.25) is 0 Å². The van der Waals surface area contributed by atoms with E-state index in [2.05, 4.69) is 98.9 Å². The predicted octanol–water partition coefficient (Wildman–Crippen LogP) is 13.7. The number of unbranched alkanes of at least 4 members (excludes halogenated alkanes) is 16. The molecule has 0 rings (SSSR count). The fraction of sp³-hybridized carbons (Fsp3) is 0.679. The van der Waals surface area contributed by atoms with E-state index in [1.165, 1.54) is 64.2 Å². The summed E-state index contributed by atoms with van der Waals surface area (Å²) >= 11 is 0. The van der Waals surface area contributed by atoms with Crippen molar-refractivity contribution < 1.29 is 38.2 Å². The quantitative estimate of drug-likeness (QED) is 0.0215. The third-order valence-corrected chi connectivity index (χ3v) is 10.4. The van der Waals surface area contributed by atoms with E-state index in [1.807, 2.05) is 21.1 Å². The van der Waals surface area contributed by atoms with Crippen LogP contribution in [0.5, 0.6) is 0 Å². The summed E-state index contributed by atoms with van der Waals surface area (Å²) < 4.78 is 17.3. The van der Waals surface area contributed by atoms with Crippen molar-refractivity contribution in [3.8, 4) is 0 Å². The van der Waals surface area contributed by atoms with Gasteiger partial charge in [0.15, 0.2) is 12.1 Å². The molecule has 0 heterocycles. The molecule has 0 aliphatic rings. The zero-order chi connectivity index (χ0) is 44.9. The summed E-state index contributed by atoms with van der Waals surface area (Å²) in [7, 11) is 5.52. The zero-order valence-corrected chi connectivity index (χ0v) is 39.6. The van der Waals surface area contributed by atoms with E-state index in [1.54, 1.807) is 0 Å². The molecule has 2 atom stereocenters. The Morgan fingerprint density at radius 2 is 0.951 bits per heavy atom. The summed E-state index contributed by atoms with van der Waals surface area (Å²) in [5.41, 5.74) is 0. The molecule has 0 fully saturated rings. The van der Waals surface area contributed by atoms with Gasteiger partial charge in [-0.15, -0.1) is 0 Å². The van der Waals surface area contributed by atoms with Crippen molar-refractivity contribution in [1.82, 2.24) is 0 Å². The Balaban J connectivity index is 4.30. The Morgan fingerprint density at radius 3 is 1.46 bits per heavy atom. The number of esters is 2. The smallest absolute Gasteiger partial charge is 0.362 e. The van der Waals surface area contributed by atoms with Gasteiger partial charge in [-0.05, 0) is 70.6 Å². The van der Waals surface area contributed by atoms with Crippen LogP contribution in [0, 0.1) is 0 Å². The van der Waals surface area contributed by atoms with Crippen LogP contribution in [-0.2, 0) is 28.6 Å². The van der Waals surface area contributed by atoms with Crippen LogP contribution in [0.3, 0.4) is 0 Å². The van der Waals surface area contributed by atoms with Crippen molar-refractivity contribution >= 4 is 17.9 Å². The van der Waals surface area contributed by atoms with Crippen molar-refractivity contribution in [2.45, 2.75) is 193 Å². The molecule has 0 radical (unpaired) electrons. The van der Waals surface area contributed by atoms with Crippen LogP contribution in [0.4, 0.5) is 0 Å². The molecular weight excluding hydrogens is 763 g/mol. The lowest BCUT2D eigenvalue weighted by Crippen LogP contribution is -2.50. The summed E-state index contributed by atoms with van der Waals surface area (Å²) in [5.74, 6) is -1.50. The van der Waals surface area contributed by atoms with Crippen LogP contribution in [0.15, 0.2) is 85.1 Å². The second-order valence-electron chi connectivity index (χ2n) is 17.0. The van der Waals surface area contributed by atoms with Gasteiger partial charge >= 0.3 is 17.9 Å². The molecule has 0 bridgehead atoms. The Labute approximate surface area is 373 Å². The number of rotatable bonds is 42. The number of carbonyl (C=O) groups is 3. The molecule has 0 saturated carbocycles. The van der Waals surface area contributed by atoms with E-state index in [9.17, 15) is 19.5 Å². The second-order valence-corrected chi connectivity index (χ2v) is 17.0. The van der Waals surface area contributed by atoms with Gasteiger partial charge in [-0.1, -0.05) is 176 Å². The normalized spacial score (nSPS) is 13.7. The number of carboxylic acid groups (broad SMARTS) is 1. The molecule has 0 aromatic rings. The number of carbonyl (C=O) groups excluding carboxylic acids is 2. The number of carboxylic acids is 1. The zero-order valence-electron chi connectivity index (χ0n) is 39.6. The lowest BCUT2D eigenvalue weighted by atomic mass is 10.1. The van der Waals surface area contributed by atoms with Crippen molar-refractivity contribution in [1.29, 1.82) is 0 Å². The molecule has 8 nitrogen and oxygen atoms in total. The van der Waals surface area contributed by atoms with Crippen LogP contribution in [0.25, 0.3) is 0 Å². The minimum absolute atomic E-state index is 0.0503. The van der Waals surface area contributed by atoms with Gasteiger partial charge in [-0.3, -0.25) is 9.59 Å². The van der Waals surface area contributed by atoms with E-state index in [-0.39, 0.29) is 36.2 Å². The average Bonchev–Trinajstić information content (AvgIpc) is 3.22. The van der Waals surface area contributed by atoms with Gasteiger partial charge in [0.2, 0.25) is 0 Å².